The SMILES string of the molecule is CC1(C)S(=O)(=O)OS(=O)OS1(=O)=O. The Hall–Kier alpha value is -0.0300. The van der Waals surface area contributed by atoms with Crippen LogP contribution < -0.4 is 0 Å². The van der Waals surface area contributed by atoms with Crippen LogP contribution in [-0.4, -0.2) is 25.1 Å². The quantitative estimate of drug-likeness (QED) is 0.543. The Balaban J connectivity index is 3.45. The van der Waals surface area contributed by atoms with Crippen LogP contribution in [0.15, 0.2) is 0 Å². The van der Waals surface area contributed by atoms with Crippen molar-refractivity contribution in [2.75, 3.05) is 0 Å². The van der Waals surface area contributed by atoms with Gasteiger partial charge in [0.2, 0.25) is 4.08 Å². The van der Waals surface area contributed by atoms with Crippen LogP contribution in [0.5, 0.6) is 0 Å². The van der Waals surface area contributed by atoms with Crippen molar-refractivity contribution in [2.24, 2.45) is 0 Å². The normalized spacial score (nSPS) is 31.2. The first-order valence-corrected chi connectivity index (χ1v) is 6.72. The Kier molecular flexibility index (Phi) is 2.32. The Labute approximate surface area is 78.2 Å². The summed E-state index contributed by atoms with van der Waals surface area (Å²) in [4.78, 5) is 0. The molecule has 0 atom stereocenters. The Bertz CT molecular complexity index is 399. The maximum atomic E-state index is 11.1. The van der Waals surface area contributed by atoms with Crippen molar-refractivity contribution >= 4 is 31.6 Å². The van der Waals surface area contributed by atoms with Gasteiger partial charge in [0.1, 0.15) is 0 Å². The zero-order valence-corrected chi connectivity index (χ0v) is 9.03. The van der Waals surface area contributed by atoms with Gasteiger partial charge < -0.3 is 0 Å². The lowest BCUT2D eigenvalue weighted by atomic mass is 10.5. The van der Waals surface area contributed by atoms with E-state index < -0.39 is 35.7 Å². The predicted octanol–water partition coefficient (Wildman–Crippen LogP) is -0.992. The van der Waals surface area contributed by atoms with Crippen molar-refractivity contribution < 1.29 is 28.3 Å². The first-order valence-electron chi connectivity index (χ1n) is 2.91. The zero-order valence-electron chi connectivity index (χ0n) is 6.58. The minimum absolute atomic E-state index is 0.883. The summed E-state index contributed by atoms with van der Waals surface area (Å²) in [7, 11) is -8.86. The molecule has 0 aliphatic carbocycles. The molecule has 0 unspecified atom stereocenters. The van der Waals surface area contributed by atoms with E-state index in [-0.39, 0.29) is 0 Å². The standard InChI is InChI=1S/C3H6O7S3/c1-3(2)12(5,6)9-11(4)10-13(3,7)8/h1-2H3. The summed E-state index contributed by atoms with van der Waals surface area (Å²) in [6, 6.07) is 0. The fourth-order valence-electron chi connectivity index (χ4n) is 0.446. The highest BCUT2D eigenvalue weighted by Gasteiger charge is 2.55. The van der Waals surface area contributed by atoms with Gasteiger partial charge in [-0.3, -0.25) is 0 Å². The average Bonchev–Trinajstić information content (AvgIpc) is 1.80. The molecule has 7 nitrogen and oxygen atoms in total. The Morgan fingerprint density at radius 2 is 1.31 bits per heavy atom. The molecule has 10 heteroatoms. The van der Waals surface area contributed by atoms with Crippen molar-refractivity contribution in [3.05, 3.63) is 0 Å². The van der Waals surface area contributed by atoms with Crippen LogP contribution in [0.3, 0.4) is 0 Å². The van der Waals surface area contributed by atoms with Gasteiger partial charge in [-0.15, -0.1) is 7.26 Å². The smallest absolute Gasteiger partial charge is 0.197 e. The third-order valence-corrected chi connectivity index (χ3v) is 7.45. The molecule has 1 saturated heterocycles. The van der Waals surface area contributed by atoms with Gasteiger partial charge >= 0.3 is 31.6 Å². The largest absolute Gasteiger partial charge is 0.336 e. The van der Waals surface area contributed by atoms with Crippen molar-refractivity contribution in [1.29, 1.82) is 0 Å². The average molecular weight is 250 g/mol. The molecule has 0 aromatic rings. The molecule has 78 valence electrons. The molecule has 0 amide bonds. The molecule has 0 spiro atoms. The Morgan fingerprint density at radius 1 is 1.00 bits per heavy atom. The third-order valence-electron chi connectivity index (χ3n) is 1.49. The van der Waals surface area contributed by atoms with Crippen molar-refractivity contribution in [3.8, 4) is 0 Å². The molecular weight excluding hydrogens is 244 g/mol. The summed E-state index contributed by atoms with van der Waals surface area (Å²) in [5.74, 6) is 0. The van der Waals surface area contributed by atoms with E-state index in [2.05, 4.69) is 7.26 Å². The van der Waals surface area contributed by atoms with E-state index >= 15 is 0 Å². The summed E-state index contributed by atoms with van der Waals surface area (Å²) < 4.78 is 60.2. The predicted molar refractivity (Wildman–Crippen MR) is 42.2 cm³/mol. The maximum absolute atomic E-state index is 11.1. The zero-order chi connectivity index (χ0) is 10.5. The second kappa shape index (κ2) is 2.73. The molecule has 0 aromatic heterocycles. The first-order chi connectivity index (χ1) is 5.60. The number of rotatable bonds is 0. The second-order valence-electron chi connectivity index (χ2n) is 2.65. The second-order valence-corrected chi connectivity index (χ2v) is 8.26. The van der Waals surface area contributed by atoms with Crippen LogP contribution in [0.4, 0.5) is 0 Å². The van der Waals surface area contributed by atoms with E-state index in [4.69, 9.17) is 0 Å². The molecule has 1 aliphatic rings. The van der Waals surface area contributed by atoms with Gasteiger partial charge in [0, 0.05) is 0 Å². The minimum atomic E-state index is -4.43. The van der Waals surface area contributed by atoms with E-state index in [1.54, 1.807) is 0 Å². The molecule has 13 heavy (non-hydrogen) atoms. The van der Waals surface area contributed by atoms with Gasteiger partial charge in [0.15, 0.2) is 0 Å². The highest BCUT2D eigenvalue weighted by molar-refractivity contribution is 8.14. The number of hydrogen-bond donors (Lipinski definition) is 0. The fraction of sp³-hybridized carbons (Fsp3) is 1.00. The van der Waals surface area contributed by atoms with E-state index in [1.807, 2.05) is 0 Å². The van der Waals surface area contributed by atoms with Crippen LogP contribution in [0.25, 0.3) is 0 Å². The molecule has 0 radical (unpaired) electrons. The highest BCUT2D eigenvalue weighted by Crippen LogP contribution is 2.32. The molecule has 0 N–H and O–H groups in total. The van der Waals surface area contributed by atoms with Crippen molar-refractivity contribution in [2.45, 2.75) is 17.9 Å². The van der Waals surface area contributed by atoms with E-state index in [0.717, 1.165) is 13.8 Å². The van der Waals surface area contributed by atoms with Gasteiger partial charge in [0.05, 0.1) is 0 Å². The summed E-state index contributed by atoms with van der Waals surface area (Å²) in [5.41, 5.74) is 0. The summed E-state index contributed by atoms with van der Waals surface area (Å²) in [6.45, 7) is 1.77. The van der Waals surface area contributed by atoms with Crippen LogP contribution in [0, 0.1) is 0 Å². The van der Waals surface area contributed by atoms with Crippen molar-refractivity contribution in [1.82, 2.24) is 0 Å². The van der Waals surface area contributed by atoms with E-state index in [0.29, 0.717) is 0 Å². The first kappa shape index (κ1) is 11.0. The summed E-state index contributed by atoms with van der Waals surface area (Å²) in [5, 5.41) is 0. The third kappa shape index (κ3) is 1.52. The lowest BCUT2D eigenvalue weighted by molar-refractivity contribution is 0.396. The van der Waals surface area contributed by atoms with Gasteiger partial charge in [-0.25, -0.2) is 0 Å². The molecule has 0 bridgehead atoms. The molecule has 1 aliphatic heterocycles. The van der Waals surface area contributed by atoms with Crippen LogP contribution in [0.2, 0.25) is 0 Å². The van der Waals surface area contributed by atoms with Gasteiger partial charge in [-0.05, 0) is 13.8 Å². The lowest BCUT2D eigenvalue weighted by Crippen LogP contribution is -2.47. The van der Waals surface area contributed by atoms with Gasteiger partial charge in [-0.1, -0.05) is 0 Å². The van der Waals surface area contributed by atoms with E-state index in [9.17, 15) is 21.0 Å². The molecular formula is C3H6O7S3. The Morgan fingerprint density at radius 3 is 1.62 bits per heavy atom. The highest BCUT2D eigenvalue weighted by atomic mass is 32.3. The number of hydrogen-bond acceptors (Lipinski definition) is 7. The maximum Gasteiger partial charge on any atom is 0.336 e. The lowest BCUT2D eigenvalue weighted by Gasteiger charge is -2.25. The van der Waals surface area contributed by atoms with Crippen LogP contribution >= 0.6 is 0 Å². The topological polar surface area (TPSA) is 104 Å². The van der Waals surface area contributed by atoms with E-state index in [1.165, 1.54) is 0 Å². The molecule has 0 saturated carbocycles. The van der Waals surface area contributed by atoms with Gasteiger partial charge in [0.25, 0.3) is 0 Å². The molecule has 0 aromatic carbocycles. The molecule has 1 fully saturated rings. The molecule has 1 rings (SSSR count). The van der Waals surface area contributed by atoms with Gasteiger partial charge in [-0.2, -0.15) is 21.0 Å². The minimum Gasteiger partial charge on any atom is -0.197 e. The molecule has 1 heterocycles. The fourth-order valence-corrected chi connectivity index (χ4v) is 4.72. The summed E-state index contributed by atoms with van der Waals surface area (Å²) >= 11 is -2.80. The summed E-state index contributed by atoms with van der Waals surface area (Å²) in [6.07, 6.45) is 0. The van der Waals surface area contributed by atoms with Crippen LogP contribution in [-0.2, 0) is 38.9 Å². The monoisotopic (exact) mass is 250 g/mol. The van der Waals surface area contributed by atoms with Crippen LogP contribution in [0.1, 0.15) is 13.8 Å². The van der Waals surface area contributed by atoms with Crippen molar-refractivity contribution in [3.63, 3.8) is 0 Å².